The normalized spacial score (nSPS) is 17.7. The van der Waals surface area contributed by atoms with Crippen LogP contribution in [-0.2, 0) is 30.0 Å². The van der Waals surface area contributed by atoms with Crippen LogP contribution in [0.4, 0.5) is 0 Å². The fourth-order valence-corrected chi connectivity index (χ4v) is 5.15. The van der Waals surface area contributed by atoms with Crippen LogP contribution in [0, 0.1) is 0 Å². The number of thiophene rings is 1. The number of rotatable bonds is 5. The molecule has 0 aliphatic carbocycles. The summed E-state index contributed by atoms with van der Waals surface area (Å²) in [5.41, 5.74) is 0. The van der Waals surface area contributed by atoms with E-state index in [-0.39, 0.29) is 5.03 Å². The molecular formula is C14H21N5O2S2. The predicted molar refractivity (Wildman–Crippen MR) is 88.7 cm³/mol. The van der Waals surface area contributed by atoms with E-state index in [1.54, 1.807) is 7.05 Å². The third kappa shape index (κ3) is 3.47. The SMILES string of the molecule is CCc1ccc(CN2CCN(S(=O)(=O)c3cnnn3C)CC2)s1. The second-order valence-electron chi connectivity index (χ2n) is 5.60. The summed E-state index contributed by atoms with van der Waals surface area (Å²) < 4.78 is 28.0. The van der Waals surface area contributed by atoms with Gasteiger partial charge in [0.05, 0.1) is 6.20 Å². The summed E-state index contributed by atoms with van der Waals surface area (Å²) in [5.74, 6) is 0. The van der Waals surface area contributed by atoms with Gasteiger partial charge in [0.1, 0.15) is 0 Å². The Morgan fingerprint density at radius 3 is 2.43 bits per heavy atom. The maximum atomic E-state index is 12.6. The molecule has 1 fully saturated rings. The molecule has 9 heteroatoms. The van der Waals surface area contributed by atoms with Gasteiger partial charge in [-0.15, -0.1) is 16.4 Å². The third-order valence-corrected chi connectivity index (χ3v) is 7.21. The quantitative estimate of drug-likeness (QED) is 0.798. The van der Waals surface area contributed by atoms with Gasteiger partial charge in [-0.05, 0) is 18.6 Å². The molecule has 0 spiro atoms. The maximum Gasteiger partial charge on any atom is 0.261 e. The molecular weight excluding hydrogens is 334 g/mol. The zero-order chi connectivity index (χ0) is 16.4. The predicted octanol–water partition coefficient (Wildman–Crippen LogP) is 0.945. The van der Waals surface area contributed by atoms with Crippen molar-refractivity contribution in [2.24, 2.45) is 7.05 Å². The molecule has 0 bridgehead atoms. The molecule has 3 rings (SSSR count). The lowest BCUT2D eigenvalue weighted by atomic mass is 10.3. The Hall–Kier alpha value is -1.29. The van der Waals surface area contributed by atoms with Gasteiger partial charge in [0.2, 0.25) is 0 Å². The van der Waals surface area contributed by atoms with Gasteiger partial charge >= 0.3 is 0 Å². The Balaban J connectivity index is 1.61. The fraction of sp³-hybridized carbons (Fsp3) is 0.571. The van der Waals surface area contributed by atoms with Crippen LogP contribution in [0.2, 0.25) is 0 Å². The molecule has 1 saturated heterocycles. The highest BCUT2D eigenvalue weighted by Crippen LogP contribution is 2.21. The first-order valence-electron chi connectivity index (χ1n) is 7.65. The van der Waals surface area contributed by atoms with Crippen LogP contribution in [0.1, 0.15) is 16.7 Å². The largest absolute Gasteiger partial charge is 0.296 e. The van der Waals surface area contributed by atoms with Crippen LogP contribution in [0.15, 0.2) is 23.4 Å². The van der Waals surface area contributed by atoms with Crippen molar-refractivity contribution in [3.8, 4) is 0 Å². The molecule has 126 valence electrons. The van der Waals surface area contributed by atoms with Crippen LogP contribution < -0.4 is 0 Å². The van der Waals surface area contributed by atoms with Gasteiger partial charge in [-0.1, -0.05) is 12.1 Å². The highest BCUT2D eigenvalue weighted by atomic mass is 32.2. The lowest BCUT2D eigenvalue weighted by Crippen LogP contribution is -2.48. The first-order chi connectivity index (χ1) is 11.0. The zero-order valence-corrected chi connectivity index (χ0v) is 15.0. The number of sulfonamides is 1. The molecule has 1 aliphatic rings. The molecule has 2 aromatic heterocycles. The van der Waals surface area contributed by atoms with Crippen molar-refractivity contribution in [3.05, 3.63) is 28.1 Å². The number of nitrogens with zero attached hydrogens (tertiary/aromatic N) is 5. The van der Waals surface area contributed by atoms with E-state index in [0.717, 1.165) is 26.1 Å². The van der Waals surface area contributed by atoms with Crippen molar-refractivity contribution >= 4 is 21.4 Å². The lowest BCUT2D eigenvalue weighted by Gasteiger charge is -2.33. The molecule has 7 nitrogen and oxygen atoms in total. The van der Waals surface area contributed by atoms with Crippen molar-refractivity contribution in [3.63, 3.8) is 0 Å². The highest BCUT2D eigenvalue weighted by molar-refractivity contribution is 7.89. The zero-order valence-electron chi connectivity index (χ0n) is 13.3. The van der Waals surface area contributed by atoms with E-state index in [0.29, 0.717) is 13.1 Å². The van der Waals surface area contributed by atoms with E-state index >= 15 is 0 Å². The van der Waals surface area contributed by atoms with Crippen LogP contribution in [0.5, 0.6) is 0 Å². The van der Waals surface area contributed by atoms with Gasteiger partial charge in [0.25, 0.3) is 10.0 Å². The Labute approximate surface area is 140 Å². The van der Waals surface area contributed by atoms with Crippen LogP contribution in [-0.4, -0.2) is 58.8 Å². The summed E-state index contributed by atoms with van der Waals surface area (Å²) in [4.78, 5) is 5.04. The summed E-state index contributed by atoms with van der Waals surface area (Å²) in [6.45, 7) is 5.53. The lowest BCUT2D eigenvalue weighted by molar-refractivity contribution is 0.182. The molecule has 0 amide bonds. The average Bonchev–Trinajstić information content (AvgIpc) is 3.17. The first kappa shape index (κ1) is 16.6. The Morgan fingerprint density at radius 2 is 1.87 bits per heavy atom. The number of piperazine rings is 1. The minimum atomic E-state index is -3.50. The summed E-state index contributed by atoms with van der Waals surface area (Å²) >= 11 is 1.84. The standard InChI is InChI=1S/C14H21N5O2S2/c1-3-12-4-5-13(22-12)11-18-6-8-19(9-7-18)23(20,21)14-10-15-16-17(14)2/h4-5,10H,3,6-9,11H2,1-2H3. The minimum absolute atomic E-state index is 0.150. The van der Waals surface area contributed by atoms with Gasteiger partial charge in [-0.2, -0.15) is 4.31 Å². The fourth-order valence-electron chi connectivity index (χ4n) is 2.69. The van der Waals surface area contributed by atoms with E-state index in [4.69, 9.17) is 0 Å². The van der Waals surface area contributed by atoms with Crippen molar-refractivity contribution in [2.45, 2.75) is 24.9 Å². The Bertz CT molecular complexity index is 760. The molecule has 1 aliphatic heterocycles. The molecule has 0 saturated carbocycles. The Kier molecular flexibility index (Phi) is 4.81. The molecule has 3 heterocycles. The van der Waals surface area contributed by atoms with Gasteiger partial charge in [0.15, 0.2) is 5.03 Å². The Morgan fingerprint density at radius 1 is 1.17 bits per heavy atom. The van der Waals surface area contributed by atoms with Crippen LogP contribution in [0.25, 0.3) is 0 Å². The number of aryl methyl sites for hydroxylation is 2. The minimum Gasteiger partial charge on any atom is -0.296 e. The van der Waals surface area contributed by atoms with E-state index in [9.17, 15) is 8.42 Å². The number of hydrogen-bond donors (Lipinski definition) is 0. The van der Waals surface area contributed by atoms with Crippen molar-refractivity contribution in [1.29, 1.82) is 0 Å². The van der Waals surface area contributed by atoms with Crippen molar-refractivity contribution in [2.75, 3.05) is 26.2 Å². The first-order valence-corrected chi connectivity index (χ1v) is 9.91. The second kappa shape index (κ2) is 6.68. The topological polar surface area (TPSA) is 71.3 Å². The summed E-state index contributed by atoms with van der Waals surface area (Å²) in [5, 5.41) is 7.52. The monoisotopic (exact) mass is 355 g/mol. The van der Waals surface area contributed by atoms with E-state index in [1.807, 2.05) is 11.3 Å². The van der Waals surface area contributed by atoms with Crippen LogP contribution >= 0.6 is 11.3 Å². The van der Waals surface area contributed by atoms with Crippen LogP contribution in [0.3, 0.4) is 0 Å². The van der Waals surface area contributed by atoms with E-state index in [1.165, 1.54) is 24.9 Å². The van der Waals surface area contributed by atoms with Gasteiger partial charge in [0, 0.05) is 49.5 Å². The molecule has 0 atom stereocenters. The average molecular weight is 355 g/mol. The smallest absolute Gasteiger partial charge is 0.261 e. The summed E-state index contributed by atoms with van der Waals surface area (Å²) in [6, 6.07) is 4.35. The van der Waals surface area contributed by atoms with Crippen molar-refractivity contribution in [1.82, 2.24) is 24.2 Å². The van der Waals surface area contributed by atoms with Gasteiger partial charge in [-0.25, -0.2) is 13.1 Å². The summed E-state index contributed by atoms with van der Waals surface area (Å²) in [6.07, 6.45) is 2.37. The molecule has 0 aromatic carbocycles. The highest BCUT2D eigenvalue weighted by Gasteiger charge is 2.31. The van der Waals surface area contributed by atoms with Crippen molar-refractivity contribution < 1.29 is 8.42 Å². The molecule has 0 N–H and O–H groups in total. The third-order valence-electron chi connectivity index (χ3n) is 4.05. The molecule has 0 unspecified atom stereocenters. The van der Waals surface area contributed by atoms with Gasteiger partial charge in [-0.3, -0.25) is 4.90 Å². The summed E-state index contributed by atoms with van der Waals surface area (Å²) in [7, 11) is -1.90. The molecule has 23 heavy (non-hydrogen) atoms. The second-order valence-corrected chi connectivity index (χ2v) is 8.74. The van der Waals surface area contributed by atoms with Gasteiger partial charge < -0.3 is 0 Å². The van der Waals surface area contributed by atoms with E-state index in [2.05, 4.69) is 34.3 Å². The number of hydrogen-bond acceptors (Lipinski definition) is 6. The van der Waals surface area contributed by atoms with E-state index < -0.39 is 10.0 Å². The molecule has 0 radical (unpaired) electrons. The number of aromatic nitrogens is 3. The molecule has 2 aromatic rings. The maximum absolute atomic E-state index is 12.6.